The summed E-state index contributed by atoms with van der Waals surface area (Å²) >= 11 is 0. The average molecular weight is 473 g/mol. The fourth-order valence-electron chi connectivity index (χ4n) is 4.41. The number of nitro benzene ring substituents is 1. The number of likely N-dealkylation sites (tertiary alicyclic amines) is 1. The van der Waals surface area contributed by atoms with Gasteiger partial charge in [0.1, 0.15) is 11.5 Å². The molecule has 35 heavy (non-hydrogen) atoms. The van der Waals surface area contributed by atoms with E-state index >= 15 is 0 Å². The number of anilines is 1. The lowest BCUT2D eigenvalue weighted by molar-refractivity contribution is -0.384. The van der Waals surface area contributed by atoms with E-state index in [0.29, 0.717) is 34.9 Å². The van der Waals surface area contributed by atoms with Gasteiger partial charge in [-0.3, -0.25) is 19.7 Å². The molecule has 0 spiro atoms. The number of non-ortho nitro benzene ring substituents is 1. The van der Waals surface area contributed by atoms with Crippen LogP contribution >= 0.6 is 0 Å². The Morgan fingerprint density at radius 3 is 2.77 bits per heavy atom. The molecule has 2 aromatic carbocycles. The Labute approximate surface area is 201 Å². The third-order valence-corrected chi connectivity index (χ3v) is 6.23. The normalized spacial score (nSPS) is 16.3. The number of nitro groups is 1. The summed E-state index contributed by atoms with van der Waals surface area (Å²) in [5.74, 6) is 0.470. The monoisotopic (exact) mass is 472 g/mol. The number of hydrogen-bond acceptors (Lipinski definition) is 6. The largest absolute Gasteiger partial charge is 0.457 e. The molecule has 2 amide bonds. The van der Waals surface area contributed by atoms with Gasteiger partial charge in [-0.2, -0.15) is 0 Å². The van der Waals surface area contributed by atoms with Crippen molar-refractivity contribution in [1.29, 1.82) is 0 Å². The summed E-state index contributed by atoms with van der Waals surface area (Å²) in [4.78, 5) is 38.0. The van der Waals surface area contributed by atoms with E-state index in [9.17, 15) is 19.7 Å². The first kappa shape index (κ1) is 22.5. The van der Waals surface area contributed by atoms with Gasteiger partial charge < -0.3 is 20.0 Å². The molecule has 0 saturated carbocycles. The Bertz CT molecular complexity index is 1340. The van der Waals surface area contributed by atoms with Crippen molar-refractivity contribution < 1.29 is 18.9 Å². The summed E-state index contributed by atoms with van der Waals surface area (Å²) in [5, 5.41) is 16.8. The first-order chi connectivity index (χ1) is 17.0. The van der Waals surface area contributed by atoms with Gasteiger partial charge in [0, 0.05) is 47.6 Å². The molecule has 1 saturated heterocycles. The average Bonchev–Trinajstić information content (AvgIpc) is 3.60. The minimum absolute atomic E-state index is 0.0956. The highest BCUT2D eigenvalue weighted by atomic mass is 16.6. The van der Waals surface area contributed by atoms with Crippen molar-refractivity contribution in [3.8, 4) is 11.3 Å². The molecule has 0 unspecified atom stereocenters. The van der Waals surface area contributed by atoms with Crippen molar-refractivity contribution in [3.05, 3.63) is 81.6 Å². The molecular weight excluding hydrogens is 448 g/mol. The van der Waals surface area contributed by atoms with Crippen LogP contribution < -0.4 is 10.6 Å². The standard InChI is InChI=1S/C26H24N4O5/c31-25(27-10-13-29-11-1-2-12-29)18-5-3-4-17(14-18)24-9-7-20(35-24)16-22-21-15-19(30(33)34)6-8-23(21)28-26(22)32/h3-9,14-16H,1-2,10-13H2,(H,27,31)(H,28,32). The second-order valence-electron chi connectivity index (χ2n) is 8.59. The Kier molecular flexibility index (Phi) is 6.15. The van der Waals surface area contributed by atoms with Crippen LogP contribution in [0.1, 0.15) is 34.5 Å². The summed E-state index contributed by atoms with van der Waals surface area (Å²) in [5.41, 5.74) is 2.43. The number of nitrogens with zero attached hydrogens (tertiary/aromatic N) is 2. The van der Waals surface area contributed by atoms with Crippen LogP contribution in [0.5, 0.6) is 0 Å². The van der Waals surface area contributed by atoms with E-state index < -0.39 is 4.92 Å². The smallest absolute Gasteiger partial charge is 0.270 e. The maximum absolute atomic E-state index is 12.6. The van der Waals surface area contributed by atoms with E-state index in [4.69, 9.17) is 4.42 Å². The zero-order valence-electron chi connectivity index (χ0n) is 19.0. The van der Waals surface area contributed by atoms with Crippen molar-refractivity contribution in [2.24, 2.45) is 0 Å². The molecule has 0 atom stereocenters. The lowest BCUT2D eigenvalue weighted by Gasteiger charge is -2.14. The molecule has 0 aliphatic carbocycles. The van der Waals surface area contributed by atoms with Crippen LogP contribution in [0, 0.1) is 10.1 Å². The van der Waals surface area contributed by atoms with Crippen molar-refractivity contribution in [1.82, 2.24) is 10.2 Å². The quantitative estimate of drug-likeness (QED) is 0.303. The van der Waals surface area contributed by atoms with Crippen LogP contribution in [0.3, 0.4) is 0 Å². The second-order valence-corrected chi connectivity index (χ2v) is 8.59. The highest BCUT2D eigenvalue weighted by Crippen LogP contribution is 2.36. The highest BCUT2D eigenvalue weighted by molar-refractivity contribution is 6.34. The SMILES string of the molecule is O=C1Nc2ccc([N+](=O)[O-])cc2C1=Cc1ccc(-c2cccc(C(=O)NCCN3CCCC3)c2)o1. The molecule has 0 bridgehead atoms. The molecule has 2 aliphatic rings. The molecular formula is C26H24N4O5. The van der Waals surface area contributed by atoms with Crippen LogP contribution in [-0.4, -0.2) is 47.8 Å². The second kappa shape index (κ2) is 9.55. The van der Waals surface area contributed by atoms with Gasteiger partial charge in [0.15, 0.2) is 0 Å². The van der Waals surface area contributed by atoms with Gasteiger partial charge in [-0.05, 0) is 62.3 Å². The van der Waals surface area contributed by atoms with E-state index in [1.54, 1.807) is 36.4 Å². The molecule has 9 heteroatoms. The molecule has 1 fully saturated rings. The number of furan rings is 1. The molecule has 3 aromatic rings. The fourth-order valence-corrected chi connectivity index (χ4v) is 4.41. The number of carbonyl (C=O) groups is 2. The van der Waals surface area contributed by atoms with Gasteiger partial charge in [0.2, 0.25) is 0 Å². The van der Waals surface area contributed by atoms with Crippen LogP contribution in [0.15, 0.2) is 59.0 Å². The number of benzene rings is 2. The number of rotatable bonds is 7. The fraction of sp³-hybridized carbons (Fsp3) is 0.231. The van der Waals surface area contributed by atoms with Crippen LogP contribution in [-0.2, 0) is 4.79 Å². The third kappa shape index (κ3) is 4.85. The van der Waals surface area contributed by atoms with Gasteiger partial charge in [0.25, 0.3) is 17.5 Å². The van der Waals surface area contributed by atoms with Crippen molar-refractivity contribution >= 4 is 34.8 Å². The van der Waals surface area contributed by atoms with Crippen molar-refractivity contribution in [2.45, 2.75) is 12.8 Å². The predicted molar refractivity (Wildman–Crippen MR) is 132 cm³/mol. The predicted octanol–water partition coefficient (Wildman–Crippen LogP) is 4.17. The number of hydrogen-bond donors (Lipinski definition) is 2. The Morgan fingerprint density at radius 1 is 1.14 bits per heavy atom. The number of fused-ring (bicyclic) bond motifs is 1. The summed E-state index contributed by atoms with van der Waals surface area (Å²) in [7, 11) is 0. The van der Waals surface area contributed by atoms with E-state index in [-0.39, 0.29) is 23.1 Å². The number of carbonyl (C=O) groups excluding carboxylic acids is 2. The van der Waals surface area contributed by atoms with Gasteiger partial charge >= 0.3 is 0 Å². The molecule has 9 nitrogen and oxygen atoms in total. The summed E-state index contributed by atoms with van der Waals surface area (Å²) in [6, 6.07) is 14.9. The zero-order chi connectivity index (χ0) is 24.4. The van der Waals surface area contributed by atoms with Gasteiger partial charge in [-0.25, -0.2) is 0 Å². The van der Waals surface area contributed by atoms with Gasteiger partial charge in [-0.1, -0.05) is 12.1 Å². The summed E-state index contributed by atoms with van der Waals surface area (Å²) < 4.78 is 5.93. The topological polar surface area (TPSA) is 118 Å². The maximum atomic E-state index is 12.6. The molecule has 178 valence electrons. The van der Waals surface area contributed by atoms with E-state index in [0.717, 1.165) is 25.2 Å². The number of amides is 2. The first-order valence-corrected chi connectivity index (χ1v) is 11.5. The molecule has 2 N–H and O–H groups in total. The van der Waals surface area contributed by atoms with Crippen LogP contribution in [0.4, 0.5) is 11.4 Å². The zero-order valence-corrected chi connectivity index (χ0v) is 19.0. The molecule has 0 radical (unpaired) electrons. The molecule has 3 heterocycles. The van der Waals surface area contributed by atoms with E-state index in [1.807, 2.05) is 6.07 Å². The van der Waals surface area contributed by atoms with E-state index in [1.165, 1.54) is 31.0 Å². The van der Waals surface area contributed by atoms with E-state index in [2.05, 4.69) is 15.5 Å². The van der Waals surface area contributed by atoms with Gasteiger partial charge in [0.05, 0.1) is 10.5 Å². The Morgan fingerprint density at radius 2 is 1.97 bits per heavy atom. The molecule has 1 aromatic heterocycles. The minimum atomic E-state index is -0.499. The summed E-state index contributed by atoms with van der Waals surface area (Å²) in [6.07, 6.45) is 3.99. The molecule has 5 rings (SSSR count). The van der Waals surface area contributed by atoms with Crippen molar-refractivity contribution in [2.75, 3.05) is 31.5 Å². The highest BCUT2D eigenvalue weighted by Gasteiger charge is 2.26. The maximum Gasteiger partial charge on any atom is 0.270 e. The van der Waals surface area contributed by atoms with Crippen LogP contribution in [0.2, 0.25) is 0 Å². The third-order valence-electron chi connectivity index (χ3n) is 6.23. The Balaban J connectivity index is 1.32. The van der Waals surface area contributed by atoms with Crippen molar-refractivity contribution in [3.63, 3.8) is 0 Å². The van der Waals surface area contributed by atoms with Gasteiger partial charge in [-0.15, -0.1) is 0 Å². The number of nitrogens with one attached hydrogen (secondary N) is 2. The molecule has 2 aliphatic heterocycles. The minimum Gasteiger partial charge on any atom is -0.457 e. The van der Waals surface area contributed by atoms with Crippen LogP contribution in [0.25, 0.3) is 23.0 Å². The Hall–Kier alpha value is -4.24. The first-order valence-electron chi connectivity index (χ1n) is 11.5. The lowest BCUT2D eigenvalue weighted by Crippen LogP contribution is -2.33. The lowest BCUT2D eigenvalue weighted by atomic mass is 10.1. The summed E-state index contributed by atoms with van der Waals surface area (Å²) in [6.45, 7) is 3.63.